The van der Waals surface area contributed by atoms with Crippen LogP contribution in [0.15, 0.2) is 78.9 Å². The fourth-order valence-electron chi connectivity index (χ4n) is 5.41. The first-order chi connectivity index (χ1) is 21.7. The summed E-state index contributed by atoms with van der Waals surface area (Å²) in [5.41, 5.74) is 1.85. The molecule has 45 heavy (non-hydrogen) atoms. The second-order valence-corrected chi connectivity index (χ2v) is 11.9. The normalized spacial score (nSPS) is 20.2. The Hall–Kier alpha value is -4.21. The highest BCUT2D eigenvalue weighted by Gasteiger charge is 2.31. The lowest BCUT2D eigenvalue weighted by Crippen LogP contribution is -2.48. The molecule has 4 rings (SSSR count). The van der Waals surface area contributed by atoms with Crippen molar-refractivity contribution in [3.63, 3.8) is 0 Å². The molecule has 0 fully saturated rings. The molecule has 0 aromatic heterocycles. The first-order valence-electron chi connectivity index (χ1n) is 15.7. The second kappa shape index (κ2) is 16.2. The summed E-state index contributed by atoms with van der Waals surface area (Å²) in [4.78, 5) is 43.7. The molecule has 3 aromatic carbocycles. The maximum Gasteiger partial charge on any atom is 0.258 e. The topological polar surface area (TPSA) is 108 Å². The van der Waals surface area contributed by atoms with Crippen molar-refractivity contribution in [3.05, 3.63) is 95.6 Å². The highest BCUT2D eigenvalue weighted by atomic mass is 16.5. The van der Waals surface area contributed by atoms with E-state index in [0.29, 0.717) is 41.3 Å². The third kappa shape index (κ3) is 9.15. The van der Waals surface area contributed by atoms with E-state index >= 15 is 0 Å². The molecular weight excluding hydrogens is 570 g/mol. The van der Waals surface area contributed by atoms with Gasteiger partial charge in [-0.1, -0.05) is 43.3 Å². The molecule has 9 nitrogen and oxygen atoms in total. The van der Waals surface area contributed by atoms with Gasteiger partial charge in [-0.2, -0.15) is 0 Å². The lowest BCUT2D eigenvalue weighted by Gasteiger charge is -2.36. The third-order valence-corrected chi connectivity index (χ3v) is 8.17. The molecule has 4 atom stereocenters. The Kier molecular flexibility index (Phi) is 12.1. The van der Waals surface area contributed by atoms with E-state index in [1.165, 1.54) is 0 Å². The first-order valence-corrected chi connectivity index (χ1v) is 15.7. The Morgan fingerprint density at radius 2 is 1.67 bits per heavy atom. The predicted octanol–water partition coefficient (Wildman–Crippen LogP) is 5.51. The number of likely N-dealkylation sites (N-methyl/N-ethyl adjacent to an activating group) is 1. The maximum absolute atomic E-state index is 14.3. The largest absolute Gasteiger partial charge is 0.490 e. The molecule has 1 aliphatic heterocycles. The van der Waals surface area contributed by atoms with E-state index in [2.05, 4.69) is 5.32 Å². The average molecular weight is 616 g/mol. The van der Waals surface area contributed by atoms with Crippen LogP contribution in [0.1, 0.15) is 71.1 Å². The number of nitrogens with zero attached hydrogens (tertiary/aromatic N) is 2. The van der Waals surface area contributed by atoms with Crippen LogP contribution in [0.5, 0.6) is 5.75 Å². The fraction of sp³-hybridized carbons (Fsp3) is 0.417. The summed E-state index contributed by atoms with van der Waals surface area (Å²) in [5, 5.41) is 13.1. The number of carbonyl (C=O) groups is 3. The van der Waals surface area contributed by atoms with E-state index in [0.717, 1.165) is 19.3 Å². The zero-order chi connectivity index (χ0) is 32.3. The summed E-state index contributed by atoms with van der Waals surface area (Å²) >= 11 is 0. The van der Waals surface area contributed by atoms with Crippen molar-refractivity contribution in [2.75, 3.05) is 38.7 Å². The van der Waals surface area contributed by atoms with Gasteiger partial charge in [-0.15, -0.1) is 0 Å². The van der Waals surface area contributed by atoms with Crippen LogP contribution in [0.25, 0.3) is 0 Å². The average Bonchev–Trinajstić information content (AvgIpc) is 3.06. The highest BCUT2D eigenvalue weighted by molar-refractivity contribution is 6.05. The Morgan fingerprint density at radius 1 is 1.00 bits per heavy atom. The van der Waals surface area contributed by atoms with Gasteiger partial charge in [-0.3, -0.25) is 14.4 Å². The molecule has 0 saturated heterocycles. The minimum atomic E-state index is -0.509. The van der Waals surface area contributed by atoms with Gasteiger partial charge in [0.25, 0.3) is 17.7 Å². The quantitative estimate of drug-likeness (QED) is 0.363. The Bertz CT molecular complexity index is 1420. The number of amides is 3. The van der Waals surface area contributed by atoms with E-state index < -0.39 is 6.04 Å². The third-order valence-electron chi connectivity index (χ3n) is 8.17. The number of rotatable bonds is 7. The number of anilines is 1. The number of aliphatic hydroxyl groups excluding tert-OH is 1. The van der Waals surface area contributed by atoms with E-state index in [9.17, 15) is 19.5 Å². The van der Waals surface area contributed by atoms with Gasteiger partial charge in [0.1, 0.15) is 5.75 Å². The summed E-state index contributed by atoms with van der Waals surface area (Å²) < 4.78 is 12.7. The van der Waals surface area contributed by atoms with Crippen LogP contribution in [0.3, 0.4) is 0 Å². The summed E-state index contributed by atoms with van der Waals surface area (Å²) in [6.07, 6.45) is 1.92. The van der Waals surface area contributed by atoms with Gasteiger partial charge in [0.05, 0.1) is 30.4 Å². The standard InChI is InChI=1S/C36H45N3O6/c1-25-22-39(26(2)24-40)36(43)31-21-30(37-34(41)28-14-7-5-8-15-28)18-19-32(31)45-27(3)13-11-12-20-44-33(25)23-38(4)35(42)29-16-9-6-10-17-29/h5-10,14-19,21,25-27,33,40H,11-13,20,22-24H2,1-4H3,(H,37,41)/t25-,26+,27-,33-/m0/s1. The SMILES string of the molecule is C[C@H](CO)N1C[C@H](C)[C@H](CN(C)C(=O)c2ccccc2)OCCCC[C@H](C)Oc2ccc(NC(=O)c3ccccc3)cc2C1=O. The van der Waals surface area contributed by atoms with Gasteiger partial charge < -0.3 is 29.7 Å². The van der Waals surface area contributed by atoms with Crippen molar-refractivity contribution in [2.24, 2.45) is 5.92 Å². The molecule has 0 spiro atoms. The van der Waals surface area contributed by atoms with Crippen LogP contribution in [0.4, 0.5) is 5.69 Å². The lowest BCUT2D eigenvalue weighted by molar-refractivity contribution is -0.0149. The molecule has 1 heterocycles. The number of hydrogen-bond acceptors (Lipinski definition) is 6. The monoisotopic (exact) mass is 615 g/mol. The molecule has 240 valence electrons. The lowest BCUT2D eigenvalue weighted by atomic mass is 10.0. The Morgan fingerprint density at radius 3 is 2.33 bits per heavy atom. The molecule has 9 heteroatoms. The summed E-state index contributed by atoms with van der Waals surface area (Å²) in [6.45, 7) is 6.64. The number of hydrogen-bond donors (Lipinski definition) is 2. The molecule has 3 amide bonds. The molecule has 1 aliphatic rings. The van der Waals surface area contributed by atoms with Crippen LogP contribution in [0, 0.1) is 5.92 Å². The van der Waals surface area contributed by atoms with Crippen LogP contribution < -0.4 is 10.1 Å². The van der Waals surface area contributed by atoms with Crippen LogP contribution in [0.2, 0.25) is 0 Å². The number of ether oxygens (including phenoxy) is 2. The van der Waals surface area contributed by atoms with Crippen molar-refractivity contribution < 1.29 is 29.0 Å². The first kappa shape index (κ1) is 33.7. The van der Waals surface area contributed by atoms with Gasteiger partial charge in [-0.05, 0) is 75.6 Å². The molecule has 0 aliphatic carbocycles. The molecule has 0 unspecified atom stereocenters. The zero-order valence-electron chi connectivity index (χ0n) is 26.6. The number of fused-ring (bicyclic) bond motifs is 1. The molecule has 0 bridgehead atoms. The fourth-order valence-corrected chi connectivity index (χ4v) is 5.41. The van der Waals surface area contributed by atoms with E-state index in [-0.39, 0.29) is 49.0 Å². The smallest absolute Gasteiger partial charge is 0.258 e. The number of carbonyl (C=O) groups excluding carboxylic acids is 3. The van der Waals surface area contributed by atoms with Gasteiger partial charge in [0, 0.05) is 49.5 Å². The van der Waals surface area contributed by atoms with Crippen LogP contribution in [-0.2, 0) is 4.74 Å². The molecule has 0 radical (unpaired) electrons. The van der Waals surface area contributed by atoms with Crippen LogP contribution >= 0.6 is 0 Å². The molecule has 3 aromatic rings. The Labute approximate surface area is 266 Å². The highest BCUT2D eigenvalue weighted by Crippen LogP contribution is 2.29. The number of aliphatic hydroxyl groups is 1. The minimum Gasteiger partial charge on any atom is -0.490 e. The van der Waals surface area contributed by atoms with Gasteiger partial charge in [0.15, 0.2) is 0 Å². The van der Waals surface area contributed by atoms with Gasteiger partial charge in [-0.25, -0.2) is 0 Å². The summed E-state index contributed by atoms with van der Waals surface area (Å²) in [7, 11) is 1.76. The van der Waals surface area contributed by atoms with Crippen LogP contribution in [-0.4, -0.2) is 84.2 Å². The van der Waals surface area contributed by atoms with Gasteiger partial charge in [0.2, 0.25) is 0 Å². The minimum absolute atomic E-state index is 0.104. The van der Waals surface area contributed by atoms with Gasteiger partial charge >= 0.3 is 0 Å². The molecule has 2 N–H and O–H groups in total. The summed E-state index contributed by atoms with van der Waals surface area (Å²) in [6, 6.07) is 22.6. The zero-order valence-corrected chi connectivity index (χ0v) is 26.6. The Balaban J connectivity index is 1.63. The predicted molar refractivity (Wildman–Crippen MR) is 175 cm³/mol. The number of nitrogens with one attached hydrogen (secondary N) is 1. The van der Waals surface area contributed by atoms with Crippen molar-refractivity contribution in [2.45, 2.75) is 58.3 Å². The summed E-state index contributed by atoms with van der Waals surface area (Å²) in [5.74, 6) is -0.479. The van der Waals surface area contributed by atoms with Crippen molar-refractivity contribution in [1.29, 1.82) is 0 Å². The molecule has 0 saturated carbocycles. The maximum atomic E-state index is 14.3. The van der Waals surface area contributed by atoms with E-state index in [1.54, 1.807) is 78.4 Å². The van der Waals surface area contributed by atoms with E-state index in [4.69, 9.17) is 9.47 Å². The molecular formula is C36H45N3O6. The number of benzene rings is 3. The second-order valence-electron chi connectivity index (χ2n) is 11.9. The van der Waals surface area contributed by atoms with Crippen molar-refractivity contribution >= 4 is 23.4 Å². The van der Waals surface area contributed by atoms with E-state index in [1.807, 2.05) is 38.1 Å². The van der Waals surface area contributed by atoms with Crippen molar-refractivity contribution in [3.8, 4) is 5.75 Å². The van der Waals surface area contributed by atoms with Crippen molar-refractivity contribution in [1.82, 2.24) is 9.80 Å².